The largest absolute Gasteiger partial charge is 0.441 e. The molecule has 0 spiro atoms. The second-order valence-electron chi connectivity index (χ2n) is 6.54. The molecule has 0 fully saturated rings. The van der Waals surface area contributed by atoms with Gasteiger partial charge in [-0.15, -0.1) is 0 Å². The summed E-state index contributed by atoms with van der Waals surface area (Å²) >= 11 is 0. The number of hydrogen-bond donors (Lipinski definition) is 1. The van der Waals surface area contributed by atoms with E-state index >= 15 is 0 Å². The fraction of sp³-hybridized carbons (Fsp3) is 0.238. The van der Waals surface area contributed by atoms with Crippen molar-refractivity contribution in [3.63, 3.8) is 0 Å². The first-order valence-electron chi connectivity index (χ1n) is 9.40. The summed E-state index contributed by atoms with van der Waals surface area (Å²) in [6.45, 7) is 5.72. The lowest BCUT2D eigenvalue weighted by molar-refractivity contribution is 0.102. The van der Waals surface area contributed by atoms with Crippen molar-refractivity contribution in [2.75, 3.05) is 18.4 Å². The molecule has 1 aromatic heterocycles. The monoisotopic (exact) mass is 431 g/mol. The summed E-state index contributed by atoms with van der Waals surface area (Å²) in [5.41, 5.74) is 0.671. The van der Waals surface area contributed by atoms with Crippen LogP contribution in [-0.4, -0.2) is 36.7 Å². The smallest absolute Gasteiger partial charge is 0.258 e. The Morgan fingerprint density at radius 3 is 2.53 bits per heavy atom. The summed E-state index contributed by atoms with van der Waals surface area (Å²) in [7, 11) is -3.82. The first-order chi connectivity index (χ1) is 14.3. The molecule has 0 bridgehead atoms. The maximum Gasteiger partial charge on any atom is 0.258 e. The molecule has 0 saturated heterocycles. The number of aromatic nitrogens is 1. The van der Waals surface area contributed by atoms with Gasteiger partial charge in [0.25, 0.3) is 5.91 Å². The Hall–Kier alpha value is -3.04. The summed E-state index contributed by atoms with van der Waals surface area (Å²) in [6.07, 6.45) is 1.58. The first-order valence-corrected chi connectivity index (χ1v) is 10.8. The highest BCUT2D eigenvalue weighted by molar-refractivity contribution is 7.89. The van der Waals surface area contributed by atoms with Gasteiger partial charge in [-0.05, 0) is 43.3 Å². The highest BCUT2D eigenvalue weighted by Gasteiger charge is 2.24. The lowest BCUT2D eigenvalue weighted by Gasteiger charge is -2.19. The van der Waals surface area contributed by atoms with Crippen LogP contribution in [0.25, 0.3) is 11.5 Å². The van der Waals surface area contributed by atoms with E-state index in [0.29, 0.717) is 22.9 Å². The Balaban J connectivity index is 1.89. The van der Waals surface area contributed by atoms with Gasteiger partial charge in [-0.3, -0.25) is 4.79 Å². The van der Waals surface area contributed by atoms with Gasteiger partial charge in [0.05, 0.1) is 16.7 Å². The number of nitrogens with one attached hydrogen (secondary N) is 1. The Morgan fingerprint density at radius 1 is 1.17 bits per heavy atom. The van der Waals surface area contributed by atoms with Gasteiger partial charge in [0.15, 0.2) is 0 Å². The quantitative estimate of drug-likeness (QED) is 0.609. The van der Waals surface area contributed by atoms with Crippen LogP contribution in [0.3, 0.4) is 0 Å². The summed E-state index contributed by atoms with van der Waals surface area (Å²) in [4.78, 5) is 16.7. The summed E-state index contributed by atoms with van der Waals surface area (Å²) in [5, 5.41) is 2.60. The minimum atomic E-state index is -3.82. The van der Waals surface area contributed by atoms with E-state index in [1.54, 1.807) is 51.2 Å². The van der Waals surface area contributed by atoms with Crippen molar-refractivity contribution in [2.24, 2.45) is 0 Å². The average Bonchev–Trinajstić information content (AvgIpc) is 3.15. The molecule has 2 aromatic carbocycles. The lowest BCUT2D eigenvalue weighted by Crippen LogP contribution is -2.31. The molecule has 0 aliphatic heterocycles. The van der Waals surface area contributed by atoms with Gasteiger partial charge in [-0.2, -0.15) is 4.31 Å². The predicted octanol–water partition coefficient (Wildman–Crippen LogP) is 4.07. The molecule has 3 rings (SSSR count). The minimum absolute atomic E-state index is 0.137. The van der Waals surface area contributed by atoms with Gasteiger partial charge in [0.2, 0.25) is 15.9 Å². The molecule has 0 aliphatic carbocycles. The number of aryl methyl sites for hydroxylation is 1. The minimum Gasteiger partial charge on any atom is -0.441 e. The second kappa shape index (κ2) is 8.76. The van der Waals surface area contributed by atoms with Crippen molar-refractivity contribution < 1.29 is 22.0 Å². The van der Waals surface area contributed by atoms with Crippen LogP contribution in [0.15, 0.2) is 58.0 Å². The van der Waals surface area contributed by atoms with Gasteiger partial charge in [-0.1, -0.05) is 19.9 Å². The van der Waals surface area contributed by atoms with Crippen LogP contribution < -0.4 is 5.32 Å². The van der Waals surface area contributed by atoms with E-state index in [0.717, 1.165) is 18.2 Å². The zero-order chi connectivity index (χ0) is 21.9. The number of halogens is 1. The third-order valence-corrected chi connectivity index (χ3v) is 6.56. The number of oxazole rings is 1. The van der Waals surface area contributed by atoms with Crippen molar-refractivity contribution in [1.82, 2.24) is 9.29 Å². The number of rotatable bonds is 7. The Morgan fingerprint density at radius 2 is 1.90 bits per heavy atom. The third-order valence-electron chi connectivity index (χ3n) is 4.51. The van der Waals surface area contributed by atoms with E-state index in [1.165, 1.54) is 4.31 Å². The molecule has 9 heteroatoms. The van der Waals surface area contributed by atoms with E-state index < -0.39 is 21.7 Å². The predicted molar refractivity (Wildman–Crippen MR) is 111 cm³/mol. The molecule has 30 heavy (non-hydrogen) atoms. The molecular formula is C21H22FN3O4S. The van der Waals surface area contributed by atoms with Gasteiger partial charge >= 0.3 is 0 Å². The van der Waals surface area contributed by atoms with Crippen LogP contribution in [-0.2, 0) is 10.0 Å². The zero-order valence-electron chi connectivity index (χ0n) is 16.8. The number of amides is 1. The molecular weight excluding hydrogens is 409 g/mol. The van der Waals surface area contributed by atoms with Crippen molar-refractivity contribution in [2.45, 2.75) is 25.7 Å². The molecule has 0 atom stereocenters. The number of hydrogen-bond acceptors (Lipinski definition) is 5. The third kappa shape index (κ3) is 4.42. The van der Waals surface area contributed by atoms with Gasteiger partial charge in [0.1, 0.15) is 11.6 Å². The van der Waals surface area contributed by atoms with E-state index in [9.17, 15) is 17.6 Å². The maximum absolute atomic E-state index is 14.3. The van der Waals surface area contributed by atoms with Crippen molar-refractivity contribution in [3.05, 3.63) is 65.8 Å². The molecule has 3 aromatic rings. The fourth-order valence-corrected chi connectivity index (χ4v) is 4.45. The van der Waals surface area contributed by atoms with Crippen LogP contribution in [0, 0.1) is 12.7 Å². The highest BCUT2D eigenvalue weighted by Crippen LogP contribution is 2.24. The highest BCUT2D eigenvalue weighted by atomic mass is 32.2. The molecule has 7 nitrogen and oxygen atoms in total. The summed E-state index contributed by atoms with van der Waals surface area (Å²) in [5.74, 6) is -0.537. The van der Waals surface area contributed by atoms with Gasteiger partial charge in [0, 0.05) is 24.3 Å². The number of benzene rings is 2. The zero-order valence-corrected chi connectivity index (χ0v) is 17.7. The number of anilines is 1. The summed E-state index contributed by atoms with van der Waals surface area (Å²) < 4.78 is 46.4. The van der Waals surface area contributed by atoms with E-state index in [2.05, 4.69) is 10.3 Å². The normalized spacial score (nSPS) is 11.6. The van der Waals surface area contributed by atoms with E-state index in [4.69, 9.17) is 4.42 Å². The van der Waals surface area contributed by atoms with Gasteiger partial charge < -0.3 is 9.73 Å². The number of nitrogens with zero attached hydrogens (tertiary/aromatic N) is 2. The maximum atomic E-state index is 14.3. The van der Waals surface area contributed by atoms with E-state index in [1.807, 2.05) is 0 Å². The van der Waals surface area contributed by atoms with Crippen molar-refractivity contribution in [3.8, 4) is 11.5 Å². The Kier molecular flexibility index (Phi) is 6.33. The Labute approximate surface area is 174 Å². The average molecular weight is 431 g/mol. The van der Waals surface area contributed by atoms with E-state index in [-0.39, 0.29) is 23.5 Å². The van der Waals surface area contributed by atoms with Gasteiger partial charge in [-0.25, -0.2) is 17.8 Å². The fourth-order valence-electron chi connectivity index (χ4n) is 2.97. The molecule has 0 radical (unpaired) electrons. The van der Waals surface area contributed by atoms with Crippen LogP contribution in [0.2, 0.25) is 0 Å². The second-order valence-corrected chi connectivity index (χ2v) is 8.48. The topological polar surface area (TPSA) is 92.5 Å². The van der Waals surface area contributed by atoms with Crippen LogP contribution >= 0.6 is 0 Å². The molecule has 158 valence electrons. The number of carbonyl (C=O) groups is 1. The van der Waals surface area contributed by atoms with Crippen LogP contribution in [0.1, 0.15) is 30.0 Å². The SMILES string of the molecule is CCN(CC)S(=O)(=O)c1ccc(F)c(C(=O)Nc2cccc(-c3ncc(C)o3)c2)c1. The van der Waals surface area contributed by atoms with Crippen LogP contribution in [0.5, 0.6) is 0 Å². The molecule has 1 N–H and O–H groups in total. The first kappa shape index (κ1) is 21.7. The summed E-state index contributed by atoms with van der Waals surface area (Å²) in [6, 6.07) is 9.92. The van der Waals surface area contributed by atoms with Crippen molar-refractivity contribution in [1.29, 1.82) is 0 Å². The number of carbonyl (C=O) groups excluding carboxylic acids is 1. The molecule has 0 unspecified atom stereocenters. The molecule has 1 amide bonds. The number of sulfonamides is 1. The van der Waals surface area contributed by atoms with Crippen molar-refractivity contribution >= 4 is 21.6 Å². The lowest BCUT2D eigenvalue weighted by atomic mass is 10.1. The molecule has 0 saturated carbocycles. The molecule has 1 heterocycles. The molecule has 0 aliphatic rings. The van der Waals surface area contributed by atoms with Crippen LogP contribution in [0.4, 0.5) is 10.1 Å². The standard InChI is InChI=1S/C21H22FN3O4S/c1-4-25(5-2)30(27,28)17-9-10-19(22)18(12-17)20(26)24-16-8-6-7-15(11-16)21-23-13-14(3)29-21/h6-13H,4-5H2,1-3H3,(H,24,26). The Bertz CT molecular complexity index is 1170.